The topological polar surface area (TPSA) is 52.7 Å². The van der Waals surface area contributed by atoms with Gasteiger partial charge in [-0.25, -0.2) is 8.42 Å². The van der Waals surface area contributed by atoms with E-state index in [1.54, 1.807) is 22.5 Å². The van der Waals surface area contributed by atoms with Crippen LogP contribution in [0.15, 0.2) is 29.2 Å². The van der Waals surface area contributed by atoms with Gasteiger partial charge in [-0.3, -0.25) is 0 Å². The molecular formula is C16H24ClN3O2S. The largest absolute Gasteiger partial charge is 0.316 e. The van der Waals surface area contributed by atoms with Gasteiger partial charge in [0, 0.05) is 37.7 Å². The second-order valence-corrected chi connectivity index (χ2v) is 8.75. The molecule has 0 aromatic heterocycles. The summed E-state index contributed by atoms with van der Waals surface area (Å²) < 4.78 is 26.9. The highest BCUT2D eigenvalue weighted by Crippen LogP contribution is 2.21. The van der Waals surface area contributed by atoms with Crippen LogP contribution in [0.1, 0.15) is 12.8 Å². The molecule has 0 bridgehead atoms. The van der Waals surface area contributed by atoms with Gasteiger partial charge in [0.05, 0.1) is 4.90 Å². The molecule has 0 radical (unpaired) electrons. The lowest BCUT2D eigenvalue weighted by Crippen LogP contribution is -2.50. The summed E-state index contributed by atoms with van der Waals surface area (Å²) in [6.45, 7) is 5.98. The molecule has 2 aliphatic heterocycles. The number of piperazine rings is 1. The smallest absolute Gasteiger partial charge is 0.243 e. The Morgan fingerprint density at radius 2 is 2.00 bits per heavy atom. The summed E-state index contributed by atoms with van der Waals surface area (Å²) in [6, 6.07) is 6.51. The van der Waals surface area contributed by atoms with E-state index in [2.05, 4.69) is 10.2 Å². The van der Waals surface area contributed by atoms with Crippen LogP contribution in [0.5, 0.6) is 0 Å². The molecule has 1 N–H and O–H groups in total. The van der Waals surface area contributed by atoms with E-state index in [4.69, 9.17) is 11.6 Å². The monoisotopic (exact) mass is 357 g/mol. The van der Waals surface area contributed by atoms with Crippen molar-refractivity contribution in [2.24, 2.45) is 5.92 Å². The quantitative estimate of drug-likeness (QED) is 0.890. The number of hydrogen-bond acceptors (Lipinski definition) is 4. The summed E-state index contributed by atoms with van der Waals surface area (Å²) in [6.07, 6.45) is 2.52. The van der Waals surface area contributed by atoms with Gasteiger partial charge in [0.15, 0.2) is 0 Å². The van der Waals surface area contributed by atoms with Crippen molar-refractivity contribution in [3.05, 3.63) is 29.3 Å². The molecular weight excluding hydrogens is 334 g/mol. The average Bonchev–Trinajstić information content (AvgIpc) is 2.56. The van der Waals surface area contributed by atoms with Crippen molar-refractivity contribution >= 4 is 21.6 Å². The van der Waals surface area contributed by atoms with Gasteiger partial charge in [0.1, 0.15) is 0 Å². The van der Waals surface area contributed by atoms with Crippen LogP contribution in [0.2, 0.25) is 5.02 Å². The molecule has 0 aliphatic carbocycles. The van der Waals surface area contributed by atoms with Gasteiger partial charge in [-0.15, -0.1) is 0 Å². The Labute approximate surface area is 143 Å². The standard InChI is InChI=1S/C16H24ClN3O2S/c17-15-4-1-5-16(11-15)23(21,22)20-9-7-19(8-10-20)13-14-3-2-6-18-12-14/h1,4-5,11,14,18H,2-3,6-10,12-13H2. The second-order valence-electron chi connectivity index (χ2n) is 6.37. The lowest BCUT2D eigenvalue weighted by atomic mass is 9.99. The molecule has 5 nitrogen and oxygen atoms in total. The van der Waals surface area contributed by atoms with Crippen molar-refractivity contribution in [2.75, 3.05) is 45.8 Å². The number of piperidine rings is 1. The summed E-state index contributed by atoms with van der Waals surface area (Å²) in [5, 5.41) is 3.89. The first kappa shape index (κ1) is 17.2. The van der Waals surface area contributed by atoms with E-state index >= 15 is 0 Å². The minimum absolute atomic E-state index is 0.287. The third-order valence-corrected chi connectivity index (χ3v) is 6.81. The molecule has 0 amide bonds. The SMILES string of the molecule is O=S(=O)(c1cccc(Cl)c1)N1CCN(CC2CCCNC2)CC1. The van der Waals surface area contributed by atoms with E-state index < -0.39 is 10.0 Å². The Bertz CT molecular complexity index is 624. The molecule has 2 heterocycles. The van der Waals surface area contributed by atoms with Crippen molar-refractivity contribution in [2.45, 2.75) is 17.7 Å². The zero-order valence-corrected chi connectivity index (χ0v) is 14.8. The second kappa shape index (κ2) is 7.49. The highest BCUT2D eigenvalue weighted by molar-refractivity contribution is 7.89. The van der Waals surface area contributed by atoms with Crippen molar-refractivity contribution in [1.29, 1.82) is 0 Å². The maximum atomic E-state index is 12.7. The number of nitrogens with one attached hydrogen (secondary N) is 1. The molecule has 1 atom stereocenters. The predicted molar refractivity (Wildman–Crippen MR) is 92.2 cm³/mol. The van der Waals surface area contributed by atoms with E-state index in [1.165, 1.54) is 18.9 Å². The fraction of sp³-hybridized carbons (Fsp3) is 0.625. The normalized spacial score (nSPS) is 24.7. The number of halogens is 1. The molecule has 2 saturated heterocycles. The summed E-state index contributed by atoms with van der Waals surface area (Å²) in [5.74, 6) is 0.694. The zero-order chi connectivity index (χ0) is 16.3. The molecule has 2 fully saturated rings. The predicted octanol–water partition coefficient (Wildman–Crippen LogP) is 1.65. The average molecular weight is 358 g/mol. The molecule has 7 heteroatoms. The molecule has 128 valence electrons. The summed E-state index contributed by atoms with van der Waals surface area (Å²) in [4.78, 5) is 2.68. The Morgan fingerprint density at radius 1 is 1.22 bits per heavy atom. The van der Waals surface area contributed by atoms with Gasteiger partial charge in [-0.2, -0.15) is 4.31 Å². The Hall–Kier alpha value is -0.660. The maximum Gasteiger partial charge on any atom is 0.243 e. The number of hydrogen-bond donors (Lipinski definition) is 1. The van der Waals surface area contributed by atoms with Crippen LogP contribution in [0, 0.1) is 5.92 Å². The molecule has 0 spiro atoms. The fourth-order valence-corrected chi connectivity index (χ4v) is 5.10. The van der Waals surface area contributed by atoms with Crippen molar-refractivity contribution in [3.63, 3.8) is 0 Å². The minimum atomic E-state index is -3.43. The Kier molecular flexibility index (Phi) is 5.59. The Balaban J connectivity index is 1.57. The highest BCUT2D eigenvalue weighted by atomic mass is 35.5. The first-order valence-electron chi connectivity index (χ1n) is 8.24. The third kappa shape index (κ3) is 4.25. The first-order chi connectivity index (χ1) is 11.1. The number of nitrogens with zero attached hydrogens (tertiary/aromatic N) is 2. The van der Waals surface area contributed by atoms with Gasteiger partial charge in [-0.05, 0) is 50.0 Å². The molecule has 1 unspecified atom stereocenters. The molecule has 1 aromatic carbocycles. The van der Waals surface area contributed by atoms with Gasteiger partial charge in [0.25, 0.3) is 0 Å². The first-order valence-corrected chi connectivity index (χ1v) is 10.1. The van der Waals surface area contributed by atoms with E-state index in [9.17, 15) is 8.42 Å². The summed E-state index contributed by atoms with van der Waals surface area (Å²) in [5.41, 5.74) is 0. The van der Waals surface area contributed by atoms with Gasteiger partial charge >= 0.3 is 0 Å². The maximum absolute atomic E-state index is 12.7. The summed E-state index contributed by atoms with van der Waals surface area (Å²) >= 11 is 5.92. The number of rotatable bonds is 4. The van der Waals surface area contributed by atoms with E-state index in [1.807, 2.05) is 0 Å². The van der Waals surface area contributed by atoms with Crippen LogP contribution < -0.4 is 5.32 Å². The van der Waals surface area contributed by atoms with Gasteiger partial charge < -0.3 is 10.2 Å². The molecule has 0 saturated carbocycles. The Morgan fingerprint density at radius 3 is 2.65 bits per heavy atom. The molecule has 1 aromatic rings. The molecule has 2 aliphatic rings. The number of sulfonamides is 1. The highest BCUT2D eigenvalue weighted by Gasteiger charge is 2.29. The van der Waals surface area contributed by atoms with Crippen LogP contribution in [0.3, 0.4) is 0 Å². The minimum Gasteiger partial charge on any atom is -0.316 e. The van der Waals surface area contributed by atoms with Crippen LogP contribution in [0.4, 0.5) is 0 Å². The van der Waals surface area contributed by atoms with Crippen molar-refractivity contribution < 1.29 is 8.42 Å². The van der Waals surface area contributed by atoms with E-state index in [0.717, 1.165) is 32.7 Å². The van der Waals surface area contributed by atoms with Crippen molar-refractivity contribution in [3.8, 4) is 0 Å². The van der Waals surface area contributed by atoms with Crippen LogP contribution in [0.25, 0.3) is 0 Å². The summed E-state index contributed by atoms with van der Waals surface area (Å²) in [7, 11) is -3.43. The van der Waals surface area contributed by atoms with Crippen LogP contribution >= 0.6 is 11.6 Å². The number of benzene rings is 1. The van der Waals surface area contributed by atoms with E-state index in [0.29, 0.717) is 24.0 Å². The molecule has 23 heavy (non-hydrogen) atoms. The van der Waals surface area contributed by atoms with Crippen molar-refractivity contribution in [1.82, 2.24) is 14.5 Å². The van der Waals surface area contributed by atoms with Gasteiger partial charge in [-0.1, -0.05) is 17.7 Å². The fourth-order valence-electron chi connectivity index (χ4n) is 3.37. The van der Waals surface area contributed by atoms with Gasteiger partial charge in [0.2, 0.25) is 10.0 Å². The van der Waals surface area contributed by atoms with Crippen LogP contribution in [-0.2, 0) is 10.0 Å². The third-order valence-electron chi connectivity index (χ3n) is 4.68. The van der Waals surface area contributed by atoms with E-state index in [-0.39, 0.29) is 4.90 Å². The zero-order valence-electron chi connectivity index (χ0n) is 13.2. The lowest BCUT2D eigenvalue weighted by molar-refractivity contribution is 0.154. The molecule has 3 rings (SSSR count). The lowest BCUT2D eigenvalue weighted by Gasteiger charge is -2.36. The van der Waals surface area contributed by atoms with Crippen LogP contribution in [-0.4, -0.2) is 63.4 Å².